The lowest BCUT2D eigenvalue weighted by Gasteiger charge is -2.41. The van der Waals surface area contributed by atoms with E-state index in [0.29, 0.717) is 18.4 Å². The number of piperazine rings is 1. The Morgan fingerprint density at radius 2 is 2.18 bits per heavy atom. The number of likely N-dealkylation sites (N-methyl/N-ethyl adjacent to an activating group) is 1. The van der Waals surface area contributed by atoms with Crippen LogP contribution in [0.4, 0.5) is 0 Å². The molecule has 0 bridgehead atoms. The molecule has 0 aromatic heterocycles. The van der Waals surface area contributed by atoms with Crippen LogP contribution in [0.3, 0.4) is 0 Å². The third-order valence-electron chi connectivity index (χ3n) is 4.26. The van der Waals surface area contributed by atoms with Gasteiger partial charge in [0.05, 0.1) is 12.7 Å². The summed E-state index contributed by atoms with van der Waals surface area (Å²) in [7, 11) is 0. The van der Waals surface area contributed by atoms with E-state index in [1.165, 1.54) is 0 Å². The third kappa shape index (κ3) is 3.52. The average molecular weight is 303 g/mol. The number of aromatic hydroxyl groups is 1. The fourth-order valence-corrected chi connectivity index (χ4v) is 3.03. The van der Waals surface area contributed by atoms with Gasteiger partial charge in [0, 0.05) is 25.7 Å². The molecule has 120 valence electrons. The Kier molecular flexibility index (Phi) is 5.64. The van der Waals surface area contributed by atoms with Crippen molar-refractivity contribution in [1.82, 2.24) is 9.80 Å². The highest BCUT2D eigenvalue weighted by Gasteiger charge is 2.30. The summed E-state index contributed by atoms with van der Waals surface area (Å²) in [4.78, 5) is 4.63. The second-order valence-electron chi connectivity index (χ2n) is 5.67. The number of nitriles is 1. The first-order chi connectivity index (χ1) is 10.6. The Morgan fingerprint density at radius 3 is 2.77 bits per heavy atom. The van der Waals surface area contributed by atoms with E-state index < -0.39 is 0 Å². The van der Waals surface area contributed by atoms with Crippen molar-refractivity contribution in [3.63, 3.8) is 0 Å². The van der Waals surface area contributed by atoms with Crippen LogP contribution in [-0.4, -0.2) is 53.7 Å². The molecular formula is C17H25N3O2. The van der Waals surface area contributed by atoms with E-state index in [9.17, 15) is 10.4 Å². The molecular weight excluding hydrogens is 278 g/mol. The molecule has 5 heteroatoms. The molecule has 1 N–H and O–H groups in total. The number of ether oxygens (including phenoxy) is 1. The molecule has 5 nitrogen and oxygen atoms in total. The molecule has 0 spiro atoms. The minimum absolute atomic E-state index is 0.117. The fourth-order valence-electron chi connectivity index (χ4n) is 3.03. The third-order valence-corrected chi connectivity index (χ3v) is 4.26. The van der Waals surface area contributed by atoms with Gasteiger partial charge in [-0.15, -0.1) is 0 Å². The standard InChI is InChI=1S/C17H25N3O2/c1-4-19-8-9-20(13(3)12-19)15(11-18)14-6-7-16(21)17(10-14)22-5-2/h6-7,10,13,15,21H,4-5,8-9,12H2,1-3H3. The number of phenols is 1. The quantitative estimate of drug-likeness (QED) is 0.905. The predicted molar refractivity (Wildman–Crippen MR) is 85.9 cm³/mol. The molecule has 1 aromatic carbocycles. The Hall–Kier alpha value is -1.77. The van der Waals surface area contributed by atoms with Crippen LogP contribution >= 0.6 is 0 Å². The topological polar surface area (TPSA) is 59.7 Å². The number of phenolic OH excluding ortho intramolecular Hbond substituents is 1. The predicted octanol–water partition coefficient (Wildman–Crippen LogP) is 2.38. The maximum Gasteiger partial charge on any atom is 0.161 e. The van der Waals surface area contributed by atoms with Gasteiger partial charge in [0.25, 0.3) is 0 Å². The molecule has 2 atom stereocenters. The smallest absolute Gasteiger partial charge is 0.161 e. The number of hydrogen-bond donors (Lipinski definition) is 1. The molecule has 2 rings (SSSR count). The highest BCUT2D eigenvalue weighted by Crippen LogP contribution is 2.32. The molecule has 0 saturated carbocycles. The Bertz CT molecular complexity index is 541. The van der Waals surface area contributed by atoms with Crippen LogP contribution < -0.4 is 4.74 Å². The van der Waals surface area contributed by atoms with Crippen molar-refractivity contribution in [3.8, 4) is 17.6 Å². The first-order valence-corrected chi connectivity index (χ1v) is 7.94. The molecule has 1 aromatic rings. The number of rotatable bonds is 5. The van der Waals surface area contributed by atoms with Crippen LogP contribution in [0.15, 0.2) is 18.2 Å². The minimum atomic E-state index is -0.311. The zero-order valence-corrected chi connectivity index (χ0v) is 13.6. The van der Waals surface area contributed by atoms with E-state index in [-0.39, 0.29) is 11.8 Å². The van der Waals surface area contributed by atoms with E-state index in [0.717, 1.165) is 31.7 Å². The van der Waals surface area contributed by atoms with E-state index >= 15 is 0 Å². The van der Waals surface area contributed by atoms with Crippen LogP contribution in [0.2, 0.25) is 0 Å². The van der Waals surface area contributed by atoms with E-state index in [1.54, 1.807) is 12.1 Å². The summed E-state index contributed by atoms with van der Waals surface area (Å²) in [5, 5.41) is 19.5. The lowest BCUT2D eigenvalue weighted by atomic mass is 10.0. The molecule has 1 aliphatic rings. The van der Waals surface area contributed by atoms with Gasteiger partial charge in [0.2, 0.25) is 0 Å². The summed E-state index contributed by atoms with van der Waals surface area (Å²) in [5.74, 6) is 0.561. The van der Waals surface area contributed by atoms with Gasteiger partial charge in [-0.3, -0.25) is 4.90 Å². The number of nitrogens with zero attached hydrogens (tertiary/aromatic N) is 3. The fraction of sp³-hybridized carbons (Fsp3) is 0.588. The highest BCUT2D eigenvalue weighted by molar-refractivity contribution is 5.44. The largest absolute Gasteiger partial charge is 0.504 e. The van der Waals surface area contributed by atoms with Crippen LogP contribution in [0.5, 0.6) is 11.5 Å². The molecule has 0 amide bonds. The van der Waals surface area contributed by atoms with Crippen LogP contribution in [0, 0.1) is 11.3 Å². The summed E-state index contributed by atoms with van der Waals surface area (Å²) in [5.41, 5.74) is 0.876. The number of hydrogen-bond acceptors (Lipinski definition) is 5. The number of benzene rings is 1. The van der Waals surface area contributed by atoms with Crippen LogP contribution in [0.25, 0.3) is 0 Å². The maximum atomic E-state index is 9.82. The summed E-state index contributed by atoms with van der Waals surface area (Å²) >= 11 is 0. The maximum absolute atomic E-state index is 9.82. The van der Waals surface area contributed by atoms with E-state index in [2.05, 4.69) is 29.7 Å². The van der Waals surface area contributed by atoms with Crippen molar-refractivity contribution >= 4 is 0 Å². The lowest BCUT2D eigenvalue weighted by Crippen LogP contribution is -2.52. The molecule has 1 heterocycles. The van der Waals surface area contributed by atoms with Gasteiger partial charge in [-0.25, -0.2) is 0 Å². The van der Waals surface area contributed by atoms with Gasteiger partial charge >= 0.3 is 0 Å². The molecule has 2 unspecified atom stereocenters. The van der Waals surface area contributed by atoms with Gasteiger partial charge in [-0.2, -0.15) is 5.26 Å². The second kappa shape index (κ2) is 7.48. The first kappa shape index (κ1) is 16.6. The zero-order chi connectivity index (χ0) is 16.1. The lowest BCUT2D eigenvalue weighted by molar-refractivity contribution is 0.0682. The molecule has 1 saturated heterocycles. The van der Waals surface area contributed by atoms with Gasteiger partial charge in [-0.05, 0) is 38.1 Å². The molecule has 1 fully saturated rings. The Labute approximate surface area is 132 Å². The summed E-state index contributed by atoms with van der Waals surface area (Å²) < 4.78 is 5.43. The zero-order valence-electron chi connectivity index (χ0n) is 13.6. The molecule has 0 aliphatic carbocycles. The Balaban J connectivity index is 2.22. The van der Waals surface area contributed by atoms with Crippen molar-refractivity contribution in [2.45, 2.75) is 32.9 Å². The monoisotopic (exact) mass is 303 g/mol. The van der Waals surface area contributed by atoms with Crippen molar-refractivity contribution in [2.24, 2.45) is 0 Å². The van der Waals surface area contributed by atoms with Crippen molar-refractivity contribution in [2.75, 3.05) is 32.8 Å². The van der Waals surface area contributed by atoms with Gasteiger partial charge in [0.1, 0.15) is 6.04 Å². The summed E-state index contributed by atoms with van der Waals surface area (Å²) in [6.07, 6.45) is 0. The molecule has 0 radical (unpaired) electrons. The van der Waals surface area contributed by atoms with Crippen LogP contribution in [0.1, 0.15) is 32.4 Å². The average Bonchev–Trinajstić information content (AvgIpc) is 2.52. The van der Waals surface area contributed by atoms with Gasteiger partial charge in [0.15, 0.2) is 11.5 Å². The van der Waals surface area contributed by atoms with Gasteiger partial charge in [-0.1, -0.05) is 13.0 Å². The van der Waals surface area contributed by atoms with Crippen molar-refractivity contribution in [3.05, 3.63) is 23.8 Å². The first-order valence-electron chi connectivity index (χ1n) is 7.94. The summed E-state index contributed by atoms with van der Waals surface area (Å²) in [6, 6.07) is 7.62. The van der Waals surface area contributed by atoms with E-state index in [4.69, 9.17) is 4.74 Å². The normalized spacial score (nSPS) is 21.3. The highest BCUT2D eigenvalue weighted by atomic mass is 16.5. The SMILES string of the molecule is CCOc1cc(C(C#N)N2CCN(CC)CC2C)ccc1O. The summed E-state index contributed by atoms with van der Waals surface area (Å²) in [6.45, 7) is 10.6. The Morgan fingerprint density at radius 1 is 1.41 bits per heavy atom. The molecule has 1 aliphatic heterocycles. The van der Waals surface area contributed by atoms with Gasteiger partial charge < -0.3 is 14.7 Å². The van der Waals surface area contributed by atoms with Crippen molar-refractivity contribution in [1.29, 1.82) is 5.26 Å². The second-order valence-corrected chi connectivity index (χ2v) is 5.67. The van der Waals surface area contributed by atoms with E-state index in [1.807, 2.05) is 13.0 Å². The molecule has 22 heavy (non-hydrogen) atoms. The van der Waals surface area contributed by atoms with Crippen LogP contribution in [-0.2, 0) is 0 Å². The van der Waals surface area contributed by atoms with Crippen molar-refractivity contribution < 1.29 is 9.84 Å². The minimum Gasteiger partial charge on any atom is -0.504 e.